The second-order valence-corrected chi connectivity index (χ2v) is 5.55. The molecule has 1 heterocycles. The maximum atomic E-state index is 12.6. The molecule has 1 saturated heterocycles. The summed E-state index contributed by atoms with van der Waals surface area (Å²) in [5.41, 5.74) is -1.32. The molecular weight excluding hydrogens is 327 g/mol. The van der Waals surface area contributed by atoms with E-state index < -0.39 is 23.5 Å². The highest BCUT2D eigenvalue weighted by atomic mass is 19.4. The molecule has 0 bridgehead atoms. The van der Waals surface area contributed by atoms with Crippen molar-refractivity contribution >= 4 is 18.1 Å². The Bertz CT molecular complexity index is 606. The van der Waals surface area contributed by atoms with Crippen LogP contribution in [-0.4, -0.2) is 54.7 Å². The summed E-state index contributed by atoms with van der Waals surface area (Å²) in [4.78, 5) is 25.3. The van der Waals surface area contributed by atoms with Gasteiger partial charge in [-0.15, -0.1) is 0 Å². The number of hydrogen-bond donors (Lipinski definition) is 2. The molecule has 0 spiro atoms. The van der Waals surface area contributed by atoms with E-state index in [-0.39, 0.29) is 19.5 Å². The zero-order chi connectivity index (χ0) is 18.0. The molecule has 2 rings (SSSR count). The van der Waals surface area contributed by atoms with Crippen LogP contribution in [0.2, 0.25) is 0 Å². The Labute approximate surface area is 136 Å². The lowest BCUT2D eigenvalue weighted by molar-refractivity contribution is -0.137. The van der Waals surface area contributed by atoms with Crippen molar-refractivity contribution in [3.63, 3.8) is 0 Å². The zero-order valence-electron chi connectivity index (χ0n) is 13.0. The van der Waals surface area contributed by atoms with E-state index in [2.05, 4.69) is 5.32 Å². The maximum absolute atomic E-state index is 12.6. The van der Waals surface area contributed by atoms with Gasteiger partial charge >= 0.3 is 12.3 Å². The number of benzene rings is 1. The van der Waals surface area contributed by atoms with Crippen molar-refractivity contribution in [3.05, 3.63) is 29.8 Å². The molecule has 1 unspecified atom stereocenters. The number of carboxylic acid groups (broad SMARTS) is 1. The van der Waals surface area contributed by atoms with E-state index in [9.17, 15) is 27.9 Å². The Kier molecular flexibility index (Phi) is 5.02. The van der Waals surface area contributed by atoms with Gasteiger partial charge in [-0.1, -0.05) is 0 Å². The third-order valence-corrected chi connectivity index (χ3v) is 4.24. The largest absolute Gasteiger partial charge is 0.465 e. The number of carbonyl (C=O) groups excluding carboxylic acids is 1. The molecule has 9 heteroatoms. The highest BCUT2D eigenvalue weighted by Crippen LogP contribution is 2.32. The number of anilines is 1. The number of piperazine rings is 1. The predicted octanol–water partition coefficient (Wildman–Crippen LogP) is 2.01. The molecule has 2 N–H and O–H groups in total. The van der Waals surface area contributed by atoms with Crippen molar-refractivity contribution in [1.29, 1.82) is 0 Å². The number of nitrogens with zero attached hydrogens (tertiary/aromatic N) is 2. The molecule has 1 amide bonds. The standard InChI is InChI=1S/C15H18F3N3O3/c1-19-14(6-9-22)10-20(7-8-21(14)13(23)24)12-4-2-11(3-5-12)15(16,17)18/h2-5,9,19H,6-8,10H2,1H3,(H,23,24). The van der Waals surface area contributed by atoms with Gasteiger partial charge in [-0.25, -0.2) is 4.79 Å². The molecule has 1 atom stereocenters. The lowest BCUT2D eigenvalue weighted by atomic mass is 10.00. The second-order valence-electron chi connectivity index (χ2n) is 5.55. The fraction of sp³-hybridized carbons (Fsp3) is 0.467. The number of rotatable bonds is 4. The monoisotopic (exact) mass is 345 g/mol. The number of carbonyl (C=O) groups is 2. The highest BCUT2D eigenvalue weighted by molar-refractivity contribution is 5.68. The van der Waals surface area contributed by atoms with Gasteiger partial charge in [0.15, 0.2) is 0 Å². The van der Waals surface area contributed by atoms with Crippen molar-refractivity contribution in [2.45, 2.75) is 18.3 Å². The van der Waals surface area contributed by atoms with Crippen molar-refractivity contribution in [2.75, 3.05) is 31.6 Å². The Morgan fingerprint density at radius 2 is 1.96 bits per heavy atom. The maximum Gasteiger partial charge on any atom is 0.416 e. The van der Waals surface area contributed by atoms with E-state index in [4.69, 9.17) is 0 Å². The number of amides is 1. The minimum Gasteiger partial charge on any atom is -0.465 e. The number of halogens is 3. The molecule has 24 heavy (non-hydrogen) atoms. The van der Waals surface area contributed by atoms with Crippen molar-refractivity contribution in [2.24, 2.45) is 0 Å². The van der Waals surface area contributed by atoms with Gasteiger partial charge in [0.05, 0.1) is 12.1 Å². The zero-order valence-corrected chi connectivity index (χ0v) is 13.0. The summed E-state index contributed by atoms with van der Waals surface area (Å²) in [5.74, 6) is 0. The van der Waals surface area contributed by atoms with Crippen LogP contribution >= 0.6 is 0 Å². The van der Waals surface area contributed by atoms with E-state index in [1.54, 1.807) is 11.9 Å². The third kappa shape index (κ3) is 3.45. The van der Waals surface area contributed by atoms with Gasteiger partial charge in [0.2, 0.25) is 0 Å². The molecule has 1 aromatic carbocycles. The summed E-state index contributed by atoms with van der Waals surface area (Å²) in [5, 5.41) is 12.2. The average molecular weight is 345 g/mol. The van der Waals surface area contributed by atoms with E-state index in [1.165, 1.54) is 12.1 Å². The predicted molar refractivity (Wildman–Crippen MR) is 80.9 cm³/mol. The number of hydrogen-bond acceptors (Lipinski definition) is 4. The fourth-order valence-electron chi connectivity index (χ4n) is 2.90. The van der Waals surface area contributed by atoms with Gasteiger partial charge in [0, 0.05) is 25.2 Å². The lowest BCUT2D eigenvalue weighted by Crippen LogP contribution is -2.69. The summed E-state index contributed by atoms with van der Waals surface area (Å²) in [6.07, 6.45) is -5.00. The first-order valence-corrected chi connectivity index (χ1v) is 7.29. The summed E-state index contributed by atoms with van der Waals surface area (Å²) < 4.78 is 37.9. The molecule has 1 aliphatic heterocycles. The van der Waals surface area contributed by atoms with E-state index in [1.807, 2.05) is 0 Å². The van der Waals surface area contributed by atoms with Gasteiger partial charge in [-0.3, -0.25) is 10.2 Å². The van der Waals surface area contributed by atoms with Crippen LogP contribution in [0.4, 0.5) is 23.7 Å². The topological polar surface area (TPSA) is 72.9 Å². The molecule has 0 aromatic heterocycles. The van der Waals surface area contributed by atoms with Crippen LogP contribution in [0.3, 0.4) is 0 Å². The Morgan fingerprint density at radius 3 is 2.42 bits per heavy atom. The summed E-state index contributed by atoms with van der Waals surface area (Å²) in [6, 6.07) is 4.67. The highest BCUT2D eigenvalue weighted by Gasteiger charge is 2.43. The Balaban J connectivity index is 2.27. The number of nitrogens with one attached hydrogen (secondary N) is 1. The van der Waals surface area contributed by atoms with E-state index >= 15 is 0 Å². The molecule has 132 valence electrons. The van der Waals surface area contributed by atoms with Crippen LogP contribution in [0.15, 0.2) is 24.3 Å². The molecule has 6 nitrogen and oxygen atoms in total. The molecule has 1 aliphatic rings. The van der Waals surface area contributed by atoms with Gasteiger partial charge in [-0.05, 0) is 31.3 Å². The smallest absolute Gasteiger partial charge is 0.416 e. The van der Waals surface area contributed by atoms with Crippen LogP contribution in [-0.2, 0) is 11.0 Å². The summed E-state index contributed by atoms with van der Waals surface area (Å²) in [6.45, 7) is 0.602. The van der Waals surface area contributed by atoms with Crippen LogP contribution in [0.1, 0.15) is 12.0 Å². The Hall–Kier alpha value is -2.29. The molecule has 1 fully saturated rings. The van der Waals surface area contributed by atoms with Gasteiger partial charge in [0.25, 0.3) is 0 Å². The molecular formula is C15H18F3N3O3. The van der Waals surface area contributed by atoms with Crippen LogP contribution in [0.25, 0.3) is 0 Å². The van der Waals surface area contributed by atoms with E-state index in [0.29, 0.717) is 18.5 Å². The molecule has 0 saturated carbocycles. The van der Waals surface area contributed by atoms with Gasteiger partial charge < -0.3 is 14.8 Å². The number of likely N-dealkylation sites (N-methyl/N-ethyl adjacent to an activating group) is 1. The van der Waals surface area contributed by atoms with Gasteiger partial charge in [-0.2, -0.15) is 13.2 Å². The summed E-state index contributed by atoms with van der Waals surface area (Å²) >= 11 is 0. The van der Waals surface area contributed by atoms with Crippen LogP contribution in [0.5, 0.6) is 0 Å². The number of alkyl halides is 3. The van der Waals surface area contributed by atoms with Crippen molar-refractivity contribution < 1.29 is 27.9 Å². The molecule has 0 radical (unpaired) electrons. The normalized spacial score (nSPS) is 21.7. The van der Waals surface area contributed by atoms with Crippen molar-refractivity contribution in [3.8, 4) is 0 Å². The average Bonchev–Trinajstić information content (AvgIpc) is 2.54. The van der Waals surface area contributed by atoms with Gasteiger partial charge in [0.1, 0.15) is 11.9 Å². The Morgan fingerprint density at radius 1 is 1.33 bits per heavy atom. The quantitative estimate of drug-likeness (QED) is 0.817. The van der Waals surface area contributed by atoms with Crippen LogP contribution < -0.4 is 10.2 Å². The fourth-order valence-corrected chi connectivity index (χ4v) is 2.90. The first kappa shape index (κ1) is 18.1. The first-order chi connectivity index (χ1) is 11.2. The molecule has 0 aliphatic carbocycles. The second kappa shape index (κ2) is 6.68. The summed E-state index contributed by atoms with van der Waals surface area (Å²) in [7, 11) is 1.55. The van der Waals surface area contributed by atoms with E-state index in [0.717, 1.165) is 17.0 Å². The lowest BCUT2D eigenvalue weighted by Gasteiger charge is -2.49. The van der Waals surface area contributed by atoms with Crippen LogP contribution in [0, 0.1) is 0 Å². The van der Waals surface area contributed by atoms with Crippen molar-refractivity contribution in [1.82, 2.24) is 10.2 Å². The SMILES string of the molecule is CNC1(CC=O)CN(c2ccc(C(F)(F)F)cc2)CCN1C(=O)O. The number of aldehydes is 1. The molecule has 1 aromatic rings. The minimum absolute atomic E-state index is 0.0626. The minimum atomic E-state index is -4.41. The third-order valence-electron chi connectivity index (χ3n) is 4.24. The first-order valence-electron chi connectivity index (χ1n) is 7.29.